The minimum absolute atomic E-state index is 0.0584. The molecule has 1 aliphatic carbocycles. The molecule has 10 heteroatoms. The SMILES string of the molecule is CCOc1ccc(N(CC(=O)N(Cc2ccc(Cl)cc2)[C@H](CC)C(=O)NC2CCCCC2)S(=O)(=O)c2ccccc2)cc1. The molecule has 0 radical (unpaired) electrons. The molecule has 0 heterocycles. The van der Waals surface area contributed by atoms with E-state index in [1.807, 2.05) is 13.8 Å². The number of nitrogens with one attached hydrogen (secondary N) is 1. The van der Waals surface area contributed by atoms with Gasteiger partial charge in [-0.2, -0.15) is 0 Å². The summed E-state index contributed by atoms with van der Waals surface area (Å²) in [5, 5.41) is 3.71. The van der Waals surface area contributed by atoms with Gasteiger partial charge in [0.25, 0.3) is 10.0 Å². The van der Waals surface area contributed by atoms with Gasteiger partial charge in [0.2, 0.25) is 11.8 Å². The largest absolute Gasteiger partial charge is 0.494 e. The molecule has 230 valence electrons. The van der Waals surface area contributed by atoms with Crippen molar-refractivity contribution in [2.75, 3.05) is 17.5 Å². The van der Waals surface area contributed by atoms with Gasteiger partial charge in [-0.3, -0.25) is 13.9 Å². The van der Waals surface area contributed by atoms with E-state index in [0.717, 1.165) is 42.0 Å². The first kappa shape index (κ1) is 32.4. The molecule has 0 bridgehead atoms. The highest BCUT2D eigenvalue weighted by Gasteiger charge is 2.34. The molecule has 4 rings (SSSR count). The Balaban J connectivity index is 1.69. The zero-order valence-corrected chi connectivity index (χ0v) is 26.3. The minimum Gasteiger partial charge on any atom is -0.494 e. The van der Waals surface area contributed by atoms with Gasteiger partial charge in [0, 0.05) is 17.6 Å². The number of carbonyl (C=O) groups is 2. The van der Waals surface area contributed by atoms with Crippen molar-refractivity contribution in [3.05, 3.63) is 89.4 Å². The monoisotopic (exact) mass is 625 g/mol. The first-order valence-electron chi connectivity index (χ1n) is 14.9. The van der Waals surface area contributed by atoms with E-state index in [-0.39, 0.29) is 23.4 Å². The predicted molar refractivity (Wildman–Crippen MR) is 170 cm³/mol. The van der Waals surface area contributed by atoms with Crippen LogP contribution in [0.3, 0.4) is 0 Å². The van der Waals surface area contributed by atoms with Gasteiger partial charge in [-0.15, -0.1) is 0 Å². The maximum absolute atomic E-state index is 14.2. The Morgan fingerprint density at radius 2 is 1.58 bits per heavy atom. The molecular weight excluding hydrogens is 586 g/mol. The van der Waals surface area contributed by atoms with Crippen LogP contribution in [0.5, 0.6) is 5.75 Å². The average molecular weight is 626 g/mol. The fourth-order valence-electron chi connectivity index (χ4n) is 5.37. The van der Waals surface area contributed by atoms with Gasteiger partial charge >= 0.3 is 0 Å². The Hall–Kier alpha value is -3.56. The summed E-state index contributed by atoms with van der Waals surface area (Å²) < 4.78 is 34.6. The molecule has 1 aliphatic rings. The van der Waals surface area contributed by atoms with Crippen LogP contribution >= 0.6 is 11.6 Å². The number of sulfonamides is 1. The number of halogens is 1. The lowest BCUT2D eigenvalue weighted by molar-refractivity contribution is -0.140. The molecule has 8 nitrogen and oxygen atoms in total. The number of hydrogen-bond acceptors (Lipinski definition) is 5. The molecule has 43 heavy (non-hydrogen) atoms. The summed E-state index contributed by atoms with van der Waals surface area (Å²) in [6.45, 7) is 3.81. The van der Waals surface area contributed by atoms with E-state index in [1.54, 1.807) is 66.7 Å². The number of benzene rings is 3. The Bertz CT molecular complexity index is 1440. The maximum Gasteiger partial charge on any atom is 0.264 e. The second kappa shape index (κ2) is 15.3. The second-order valence-electron chi connectivity index (χ2n) is 10.7. The van der Waals surface area contributed by atoms with Crippen molar-refractivity contribution in [1.29, 1.82) is 0 Å². The highest BCUT2D eigenvalue weighted by atomic mass is 35.5. The van der Waals surface area contributed by atoms with Crippen LogP contribution in [0.25, 0.3) is 0 Å². The van der Waals surface area contributed by atoms with Crippen LogP contribution in [0.15, 0.2) is 83.8 Å². The van der Waals surface area contributed by atoms with Gasteiger partial charge in [-0.25, -0.2) is 8.42 Å². The number of hydrogen-bond donors (Lipinski definition) is 1. The van der Waals surface area contributed by atoms with Crippen LogP contribution in [0, 0.1) is 0 Å². The highest BCUT2D eigenvalue weighted by molar-refractivity contribution is 7.92. The average Bonchev–Trinajstić information content (AvgIpc) is 3.02. The summed E-state index contributed by atoms with van der Waals surface area (Å²) in [6, 6.07) is 21.0. The van der Waals surface area contributed by atoms with Gasteiger partial charge in [-0.05, 0) is 80.3 Å². The van der Waals surface area contributed by atoms with Crippen LogP contribution in [0.1, 0.15) is 57.9 Å². The molecule has 3 aromatic carbocycles. The summed E-state index contributed by atoms with van der Waals surface area (Å²) in [5.74, 6) is -0.131. The van der Waals surface area contributed by atoms with Gasteiger partial charge in [0.15, 0.2) is 0 Å². The van der Waals surface area contributed by atoms with E-state index in [9.17, 15) is 18.0 Å². The van der Waals surface area contributed by atoms with Crippen molar-refractivity contribution in [2.45, 2.75) is 75.9 Å². The minimum atomic E-state index is -4.13. The summed E-state index contributed by atoms with van der Waals surface area (Å²) in [5.41, 5.74) is 1.09. The third-order valence-electron chi connectivity index (χ3n) is 7.65. The Morgan fingerprint density at radius 3 is 2.19 bits per heavy atom. The second-order valence-corrected chi connectivity index (χ2v) is 13.0. The number of ether oxygens (including phenoxy) is 1. The molecule has 0 saturated heterocycles. The van der Waals surface area contributed by atoms with Crippen LogP contribution in [-0.2, 0) is 26.2 Å². The van der Waals surface area contributed by atoms with Crippen LogP contribution in [0.4, 0.5) is 5.69 Å². The van der Waals surface area contributed by atoms with Crippen molar-refractivity contribution in [3.8, 4) is 5.75 Å². The molecule has 0 spiro atoms. The molecule has 1 fully saturated rings. The lowest BCUT2D eigenvalue weighted by Crippen LogP contribution is -2.54. The number of carbonyl (C=O) groups excluding carboxylic acids is 2. The van der Waals surface area contributed by atoms with Crippen molar-refractivity contribution >= 4 is 39.1 Å². The third kappa shape index (κ3) is 8.51. The van der Waals surface area contributed by atoms with Gasteiger partial charge < -0.3 is 15.0 Å². The third-order valence-corrected chi connectivity index (χ3v) is 9.69. The fraction of sp³-hybridized carbons (Fsp3) is 0.394. The maximum atomic E-state index is 14.2. The summed E-state index contributed by atoms with van der Waals surface area (Å²) in [4.78, 5) is 29.4. The molecule has 0 aliphatic heterocycles. The van der Waals surface area contributed by atoms with E-state index in [2.05, 4.69) is 5.32 Å². The van der Waals surface area contributed by atoms with Crippen LogP contribution in [-0.4, -0.2) is 50.4 Å². The van der Waals surface area contributed by atoms with Gasteiger partial charge in [-0.1, -0.05) is 68.1 Å². The highest BCUT2D eigenvalue weighted by Crippen LogP contribution is 2.27. The normalized spacial score (nSPS) is 14.5. The number of anilines is 1. The molecule has 0 aromatic heterocycles. The lowest BCUT2D eigenvalue weighted by Gasteiger charge is -2.34. The summed E-state index contributed by atoms with van der Waals surface area (Å²) >= 11 is 6.11. The van der Waals surface area contributed by atoms with E-state index in [0.29, 0.717) is 29.5 Å². The number of nitrogens with zero attached hydrogens (tertiary/aromatic N) is 2. The van der Waals surface area contributed by atoms with Crippen molar-refractivity contribution in [3.63, 3.8) is 0 Å². The molecule has 1 atom stereocenters. The van der Waals surface area contributed by atoms with Gasteiger partial charge in [0.05, 0.1) is 17.2 Å². The Kier molecular flexibility index (Phi) is 11.5. The number of amides is 2. The van der Waals surface area contributed by atoms with Crippen molar-refractivity contribution in [2.24, 2.45) is 0 Å². The first-order valence-corrected chi connectivity index (χ1v) is 16.7. The van der Waals surface area contributed by atoms with Crippen molar-refractivity contribution in [1.82, 2.24) is 10.2 Å². The zero-order chi connectivity index (χ0) is 30.8. The molecule has 1 saturated carbocycles. The standard InChI is InChI=1S/C33H40ClN3O5S/c1-3-31(33(39)35-27-11-7-5-8-12-27)36(23-25-15-17-26(34)18-16-25)32(38)24-37(28-19-21-29(22-20-28)42-4-2)43(40,41)30-13-9-6-10-14-30/h6,9-10,13-22,27,31H,3-5,7-8,11-12,23-24H2,1-2H3,(H,35,39)/t31-/m1/s1. The van der Waals surface area contributed by atoms with E-state index < -0.39 is 28.5 Å². The topological polar surface area (TPSA) is 96.0 Å². The van der Waals surface area contributed by atoms with Crippen LogP contribution < -0.4 is 14.4 Å². The molecule has 2 amide bonds. The fourth-order valence-corrected chi connectivity index (χ4v) is 6.94. The zero-order valence-electron chi connectivity index (χ0n) is 24.7. The van der Waals surface area contributed by atoms with Gasteiger partial charge in [0.1, 0.15) is 18.3 Å². The van der Waals surface area contributed by atoms with E-state index in [1.165, 1.54) is 17.0 Å². The number of rotatable bonds is 13. The quantitative estimate of drug-likeness (QED) is 0.244. The first-order chi connectivity index (χ1) is 20.7. The predicted octanol–water partition coefficient (Wildman–Crippen LogP) is 6.19. The Morgan fingerprint density at radius 1 is 0.930 bits per heavy atom. The molecule has 1 N–H and O–H groups in total. The lowest BCUT2D eigenvalue weighted by atomic mass is 9.95. The van der Waals surface area contributed by atoms with E-state index in [4.69, 9.17) is 16.3 Å². The summed E-state index contributed by atoms with van der Waals surface area (Å²) in [6.07, 6.45) is 5.46. The molecule has 3 aromatic rings. The smallest absolute Gasteiger partial charge is 0.264 e. The van der Waals surface area contributed by atoms with Crippen molar-refractivity contribution < 1.29 is 22.7 Å². The molecular formula is C33H40ClN3O5S. The Labute approximate surface area is 260 Å². The van der Waals surface area contributed by atoms with Crippen LogP contribution in [0.2, 0.25) is 5.02 Å². The molecule has 0 unspecified atom stereocenters. The summed E-state index contributed by atoms with van der Waals surface area (Å²) in [7, 11) is -4.13. The van der Waals surface area contributed by atoms with E-state index >= 15 is 0 Å².